The maximum Gasteiger partial charge on any atom is 0.152 e. The normalized spacial score (nSPS) is 16.8. The molecule has 0 spiro atoms. The molecule has 3 rings (SSSR count). The van der Waals surface area contributed by atoms with Gasteiger partial charge in [0.15, 0.2) is 6.29 Å². The molecule has 0 unspecified atom stereocenters. The second-order valence-electron chi connectivity index (χ2n) is 5.90. The van der Waals surface area contributed by atoms with Crippen molar-refractivity contribution in [2.24, 2.45) is 0 Å². The van der Waals surface area contributed by atoms with Gasteiger partial charge in [-0.2, -0.15) is 0 Å². The number of aldehydes is 1. The Morgan fingerprint density at radius 2 is 1.35 bits per heavy atom. The predicted octanol–water partition coefficient (Wildman–Crippen LogP) is 3.00. The first-order chi connectivity index (χ1) is 11.3. The number of carbonyl (C=O) groups is 1. The van der Waals surface area contributed by atoms with E-state index in [1.165, 1.54) is 0 Å². The summed E-state index contributed by atoms with van der Waals surface area (Å²) in [6.45, 7) is 3.89. The molecule has 1 saturated heterocycles. The van der Waals surface area contributed by atoms with Crippen molar-refractivity contribution in [3.05, 3.63) is 71.8 Å². The molecule has 0 radical (unpaired) electrons. The van der Waals surface area contributed by atoms with Crippen molar-refractivity contribution in [2.45, 2.75) is 0 Å². The highest BCUT2D eigenvalue weighted by atomic mass is 16.1. The third-order valence-corrected chi connectivity index (χ3v) is 4.32. The highest BCUT2D eigenvalue weighted by molar-refractivity contribution is 6.16. The summed E-state index contributed by atoms with van der Waals surface area (Å²) >= 11 is 0. The van der Waals surface area contributed by atoms with Gasteiger partial charge in [-0.05, 0) is 18.2 Å². The van der Waals surface area contributed by atoms with Gasteiger partial charge < -0.3 is 9.80 Å². The van der Waals surface area contributed by atoms with Crippen LogP contribution in [0.2, 0.25) is 0 Å². The van der Waals surface area contributed by atoms with Crippen LogP contribution in [0.1, 0.15) is 11.1 Å². The molecule has 1 heterocycles. The minimum Gasteiger partial charge on any atom is -0.368 e. The van der Waals surface area contributed by atoms with Gasteiger partial charge in [0.1, 0.15) is 0 Å². The van der Waals surface area contributed by atoms with Crippen molar-refractivity contribution in [2.75, 3.05) is 33.2 Å². The third kappa shape index (κ3) is 3.51. The molecule has 0 N–H and O–H groups in total. The molecule has 0 aliphatic carbocycles. The molecule has 0 atom stereocenters. The lowest BCUT2D eigenvalue weighted by atomic mass is 9.99. The largest absolute Gasteiger partial charge is 0.368 e. The summed E-state index contributed by atoms with van der Waals surface area (Å²) in [5.74, 6) is 0. The Balaban J connectivity index is 2.10. The van der Waals surface area contributed by atoms with Gasteiger partial charge in [0.25, 0.3) is 0 Å². The Hall–Kier alpha value is -2.39. The number of piperazine rings is 1. The van der Waals surface area contributed by atoms with Gasteiger partial charge in [-0.25, -0.2) is 0 Å². The lowest BCUT2D eigenvalue weighted by Crippen LogP contribution is -2.43. The fourth-order valence-electron chi connectivity index (χ4n) is 3.01. The molecular weight excluding hydrogens is 284 g/mol. The zero-order chi connectivity index (χ0) is 16.1. The Morgan fingerprint density at radius 3 is 1.87 bits per heavy atom. The van der Waals surface area contributed by atoms with Gasteiger partial charge in [-0.3, -0.25) is 4.79 Å². The van der Waals surface area contributed by atoms with Gasteiger partial charge in [0.05, 0.1) is 5.70 Å². The molecule has 2 aromatic rings. The topological polar surface area (TPSA) is 23.6 Å². The Bertz CT molecular complexity index is 671. The number of allylic oxidation sites excluding steroid dienone is 1. The van der Waals surface area contributed by atoms with Gasteiger partial charge in [-0.15, -0.1) is 0 Å². The van der Waals surface area contributed by atoms with E-state index in [1.807, 2.05) is 48.5 Å². The molecule has 3 nitrogen and oxygen atoms in total. The Kier molecular flexibility index (Phi) is 4.89. The number of likely N-dealkylation sites (N-methyl/N-ethyl adjacent to an activating group) is 1. The first kappa shape index (κ1) is 15.5. The molecule has 2 aromatic carbocycles. The van der Waals surface area contributed by atoms with Crippen LogP contribution in [0.25, 0.3) is 11.3 Å². The van der Waals surface area contributed by atoms with Crippen LogP contribution in [0.15, 0.2) is 60.7 Å². The highest BCUT2D eigenvalue weighted by Gasteiger charge is 2.21. The number of carbonyl (C=O) groups excluding carboxylic acids is 1. The average Bonchev–Trinajstić information content (AvgIpc) is 2.62. The van der Waals surface area contributed by atoms with E-state index in [1.54, 1.807) is 0 Å². The smallest absolute Gasteiger partial charge is 0.152 e. The molecule has 0 amide bonds. The number of hydrogen-bond acceptors (Lipinski definition) is 3. The molecule has 3 heteroatoms. The number of hydrogen-bond donors (Lipinski definition) is 0. The van der Waals surface area contributed by atoms with Gasteiger partial charge in [-0.1, -0.05) is 60.7 Å². The molecule has 1 aliphatic rings. The maximum atomic E-state index is 11.9. The van der Waals surface area contributed by atoms with Gasteiger partial charge in [0, 0.05) is 31.8 Å². The number of rotatable bonds is 4. The molecule has 1 aliphatic heterocycles. The Labute approximate surface area is 137 Å². The molecule has 1 fully saturated rings. The van der Waals surface area contributed by atoms with Crippen molar-refractivity contribution < 1.29 is 4.79 Å². The van der Waals surface area contributed by atoms with Crippen molar-refractivity contribution >= 4 is 17.6 Å². The van der Waals surface area contributed by atoms with Crippen molar-refractivity contribution in [3.63, 3.8) is 0 Å². The zero-order valence-corrected chi connectivity index (χ0v) is 13.5. The van der Waals surface area contributed by atoms with Crippen LogP contribution in [-0.4, -0.2) is 49.3 Å². The van der Waals surface area contributed by atoms with E-state index >= 15 is 0 Å². The van der Waals surface area contributed by atoms with E-state index in [0.29, 0.717) is 0 Å². The van der Waals surface area contributed by atoms with Crippen LogP contribution in [0, 0.1) is 0 Å². The Morgan fingerprint density at radius 1 is 0.826 bits per heavy atom. The third-order valence-electron chi connectivity index (χ3n) is 4.32. The SMILES string of the molecule is CN1CCN(/C(=C(/C=O)c2ccccc2)c2ccccc2)CC1. The van der Waals surface area contributed by atoms with Crippen molar-refractivity contribution in [3.8, 4) is 0 Å². The van der Waals surface area contributed by atoms with Gasteiger partial charge in [0.2, 0.25) is 0 Å². The van der Waals surface area contributed by atoms with E-state index < -0.39 is 0 Å². The summed E-state index contributed by atoms with van der Waals surface area (Å²) in [6.07, 6.45) is 0.996. The summed E-state index contributed by atoms with van der Waals surface area (Å²) < 4.78 is 0. The number of nitrogens with zero attached hydrogens (tertiary/aromatic N) is 2. The predicted molar refractivity (Wildman–Crippen MR) is 94.8 cm³/mol. The molecule has 118 valence electrons. The lowest BCUT2D eigenvalue weighted by molar-refractivity contribution is -0.103. The average molecular weight is 306 g/mol. The summed E-state index contributed by atoms with van der Waals surface area (Å²) in [4.78, 5) is 16.6. The zero-order valence-electron chi connectivity index (χ0n) is 13.5. The monoisotopic (exact) mass is 306 g/mol. The standard InChI is InChI=1S/C20H22N2O/c1-21-12-14-22(15-13-21)20(18-10-6-3-7-11-18)19(16-23)17-8-4-2-5-9-17/h2-11,16H,12-15H2,1H3/b20-19-. The second-order valence-corrected chi connectivity index (χ2v) is 5.90. The molecule has 0 saturated carbocycles. The molecule has 0 aromatic heterocycles. The van der Waals surface area contributed by atoms with Crippen LogP contribution in [0.3, 0.4) is 0 Å². The van der Waals surface area contributed by atoms with Crippen LogP contribution >= 0.6 is 0 Å². The van der Waals surface area contributed by atoms with E-state index in [2.05, 4.69) is 29.0 Å². The highest BCUT2D eigenvalue weighted by Crippen LogP contribution is 2.29. The maximum absolute atomic E-state index is 11.9. The molecular formula is C20H22N2O. The van der Waals surface area contributed by atoms with E-state index in [9.17, 15) is 4.79 Å². The first-order valence-corrected chi connectivity index (χ1v) is 8.03. The van der Waals surface area contributed by atoms with Crippen molar-refractivity contribution in [1.29, 1.82) is 0 Å². The minimum absolute atomic E-state index is 0.765. The first-order valence-electron chi connectivity index (χ1n) is 8.03. The van der Waals surface area contributed by atoms with Crippen LogP contribution < -0.4 is 0 Å². The lowest BCUT2D eigenvalue weighted by Gasteiger charge is -2.36. The van der Waals surface area contributed by atoms with E-state index in [0.717, 1.165) is 54.9 Å². The fourth-order valence-corrected chi connectivity index (χ4v) is 3.01. The quantitative estimate of drug-likeness (QED) is 0.493. The van der Waals surface area contributed by atoms with Crippen molar-refractivity contribution in [1.82, 2.24) is 9.80 Å². The number of benzene rings is 2. The summed E-state index contributed by atoms with van der Waals surface area (Å²) in [6, 6.07) is 20.2. The van der Waals surface area contributed by atoms with Crippen LogP contribution in [-0.2, 0) is 4.79 Å². The fraction of sp³-hybridized carbons (Fsp3) is 0.250. The summed E-state index contributed by atoms with van der Waals surface area (Å²) in [5, 5.41) is 0. The van der Waals surface area contributed by atoms with E-state index in [-0.39, 0.29) is 0 Å². The minimum atomic E-state index is 0.765. The van der Waals surface area contributed by atoms with Crippen LogP contribution in [0.4, 0.5) is 0 Å². The summed E-state index contributed by atoms with van der Waals surface area (Å²) in [5.41, 5.74) is 3.88. The van der Waals surface area contributed by atoms with Gasteiger partial charge >= 0.3 is 0 Å². The summed E-state index contributed by atoms with van der Waals surface area (Å²) in [7, 11) is 2.14. The van der Waals surface area contributed by atoms with E-state index in [4.69, 9.17) is 0 Å². The molecule has 0 bridgehead atoms. The van der Waals surface area contributed by atoms with Crippen LogP contribution in [0.5, 0.6) is 0 Å². The second kappa shape index (κ2) is 7.25. The molecule has 23 heavy (non-hydrogen) atoms.